The average Bonchev–Trinajstić information content (AvgIpc) is 3.19. The minimum absolute atomic E-state index is 0.232. The van der Waals surface area contributed by atoms with Gasteiger partial charge in [-0.1, -0.05) is 51.1 Å². The monoisotopic (exact) mass is 476 g/mol. The van der Waals surface area contributed by atoms with Gasteiger partial charge in [0.25, 0.3) is 0 Å². The zero-order chi connectivity index (χ0) is 23.1. The van der Waals surface area contributed by atoms with E-state index in [1.807, 2.05) is 35.7 Å². The Balaban J connectivity index is 1.59. The molecule has 1 amide bonds. The molecule has 1 aromatic heterocycles. The molecule has 1 atom stereocenters. The van der Waals surface area contributed by atoms with Crippen LogP contribution in [0.25, 0.3) is 6.08 Å². The third kappa shape index (κ3) is 7.51. The predicted octanol–water partition coefficient (Wildman–Crippen LogP) is 3.93. The topological polar surface area (TPSA) is 91.4 Å². The Bertz CT molecular complexity index is 1010. The Morgan fingerprint density at radius 3 is 2.59 bits per heavy atom. The molecule has 0 saturated carbocycles. The van der Waals surface area contributed by atoms with Crippen molar-refractivity contribution in [2.45, 2.75) is 46.2 Å². The van der Waals surface area contributed by atoms with E-state index in [1.165, 1.54) is 30.3 Å². The van der Waals surface area contributed by atoms with Gasteiger partial charge in [-0.05, 0) is 49.4 Å². The normalized spacial score (nSPS) is 17.1. The Morgan fingerprint density at radius 1 is 1.25 bits per heavy atom. The van der Waals surface area contributed by atoms with Crippen LogP contribution >= 0.6 is 11.3 Å². The lowest BCUT2D eigenvalue weighted by Gasteiger charge is -2.29. The molecule has 0 aliphatic carbocycles. The number of amides is 1. The number of thiazole rings is 1. The van der Waals surface area contributed by atoms with Gasteiger partial charge in [0, 0.05) is 17.3 Å². The van der Waals surface area contributed by atoms with Crippen LogP contribution in [0.4, 0.5) is 5.13 Å². The maximum atomic E-state index is 12.8. The second kappa shape index (κ2) is 11.2. The summed E-state index contributed by atoms with van der Waals surface area (Å²) in [6.45, 7) is 8.78. The Morgan fingerprint density at radius 2 is 1.94 bits per heavy atom. The fraction of sp³-hybridized carbons (Fsp3) is 0.478. The molecule has 0 spiro atoms. The van der Waals surface area contributed by atoms with E-state index >= 15 is 0 Å². The van der Waals surface area contributed by atoms with E-state index in [1.54, 1.807) is 13.8 Å². The van der Waals surface area contributed by atoms with E-state index in [2.05, 4.69) is 26.8 Å². The van der Waals surface area contributed by atoms with Crippen LogP contribution in [-0.2, 0) is 21.4 Å². The summed E-state index contributed by atoms with van der Waals surface area (Å²) in [7, 11) is -3.79. The summed E-state index contributed by atoms with van der Waals surface area (Å²) >= 11 is 1.36. The number of aromatic nitrogens is 1. The van der Waals surface area contributed by atoms with Gasteiger partial charge in [-0.3, -0.25) is 9.69 Å². The maximum absolute atomic E-state index is 12.8. The number of nitrogens with one attached hydrogen (secondary N) is 2. The van der Waals surface area contributed by atoms with Crippen molar-refractivity contribution < 1.29 is 13.2 Å². The van der Waals surface area contributed by atoms with Crippen LogP contribution in [0, 0.1) is 11.8 Å². The largest absolute Gasteiger partial charge is 0.301 e. The van der Waals surface area contributed by atoms with Crippen molar-refractivity contribution in [2.75, 3.05) is 18.4 Å². The molecular weight excluding hydrogens is 444 g/mol. The highest BCUT2D eigenvalue weighted by Crippen LogP contribution is 2.21. The minimum atomic E-state index is -3.79. The molecule has 2 aromatic rings. The van der Waals surface area contributed by atoms with Crippen LogP contribution in [0.1, 0.15) is 44.9 Å². The van der Waals surface area contributed by atoms with Crippen molar-refractivity contribution in [3.63, 3.8) is 0 Å². The molecule has 174 valence electrons. The van der Waals surface area contributed by atoms with Crippen molar-refractivity contribution >= 4 is 38.5 Å². The molecule has 2 N–H and O–H groups in total. The number of hydrogen-bond donors (Lipinski definition) is 2. The van der Waals surface area contributed by atoms with Gasteiger partial charge in [-0.15, -0.1) is 11.3 Å². The standard InChI is InChI=1S/C23H32N4O3S2/c1-17(2)21(26-32(29,30)14-11-19-7-5-4-6-8-19)22(28)25-23-24-20(16-31-23)15-27-12-9-18(3)10-13-27/h4-8,11,14,16-18,21,26H,9-10,12-13,15H2,1-3H3,(H,24,25,28)/b14-11+/t21-/m0/s1. The van der Waals surface area contributed by atoms with Gasteiger partial charge >= 0.3 is 0 Å². The first kappa shape index (κ1) is 24.6. The number of likely N-dealkylation sites (tertiary alicyclic amines) is 1. The molecule has 1 saturated heterocycles. The zero-order valence-electron chi connectivity index (χ0n) is 18.8. The van der Waals surface area contributed by atoms with Gasteiger partial charge in [-0.2, -0.15) is 4.72 Å². The van der Waals surface area contributed by atoms with Crippen LogP contribution < -0.4 is 10.0 Å². The summed E-state index contributed by atoms with van der Waals surface area (Å²) in [4.78, 5) is 19.7. The first-order valence-corrected chi connectivity index (χ1v) is 13.4. The van der Waals surface area contributed by atoms with Crippen LogP contribution in [0.2, 0.25) is 0 Å². The predicted molar refractivity (Wildman–Crippen MR) is 131 cm³/mol. The van der Waals surface area contributed by atoms with E-state index in [9.17, 15) is 13.2 Å². The summed E-state index contributed by atoms with van der Waals surface area (Å²) in [6.07, 6.45) is 3.90. The lowest BCUT2D eigenvalue weighted by molar-refractivity contribution is -0.118. The summed E-state index contributed by atoms with van der Waals surface area (Å²) in [5.74, 6) is 0.130. The fourth-order valence-corrected chi connectivity index (χ4v) is 5.36. The van der Waals surface area contributed by atoms with Crippen LogP contribution in [0.3, 0.4) is 0 Å². The van der Waals surface area contributed by atoms with Gasteiger partial charge < -0.3 is 5.32 Å². The molecular formula is C23H32N4O3S2. The molecule has 2 heterocycles. The van der Waals surface area contributed by atoms with Crippen molar-refractivity contribution in [3.8, 4) is 0 Å². The number of hydrogen-bond acceptors (Lipinski definition) is 6. The number of nitrogens with zero attached hydrogens (tertiary/aromatic N) is 2. The van der Waals surface area contributed by atoms with Crippen LogP contribution in [0.5, 0.6) is 0 Å². The van der Waals surface area contributed by atoms with Crippen molar-refractivity contribution in [2.24, 2.45) is 11.8 Å². The zero-order valence-corrected chi connectivity index (χ0v) is 20.5. The van der Waals surface area contributed by atoms with Gasteiger partial charge in [0.15, 0.2) is 5.13 Å². The smallest absolute Gasteiger partial charge is 0.244 e. The van der Waals surface area contributed by atoms with Gasteiger partial charge in [0.2, 0.25) is 15.9 Å². The van der Waals surface area contributed by atoms with Gasteiger partial charge in [-0.25, -0.2) is 13.4 Å². The molecule has 0 radical (unpaired) electrons. The summed E-state index contributed by atoms with van der Waals surface area (Å²) in [5.41, 5.74) is 1.69. The Labute approximate surface area is 195 Å². The molecule has 1 aliphatic heterocycles. The number of piperidine rings is 1. The van der Waals surface area contributed by atoms with E-state index in [4.69, 9.17) is 0 Å². The second-order valence-corrected chi connectivity index (χ2v) is 11.1. The first-order chi connectivity index (χ1) is 15.2. The van der Waals surface area contributed by atoms with Crippen molar-refractivity contribution in [1.82, 2.24) is 14.6 Å². The fourth-order valence-electron chi connectivity index (χ4n) is 3.51. The van der Waals surface area contributed by atoms with E-state index in [0.29, 0.717) is 5.13 Å². The molecule has 3 rings (SSSR count). The lowest BCUT2D eigenvalue weighted by Crippen LogP contribution is -2.46. The highest BCUT2D eigenvalue weighted by atomic mass is 32.2. The highest BCUT2D eigenvalue weighted by Gasteiger charge is 2.27. The average molecular weight is 477 g/mol. The minimum Gasteiger partial charge on any atom is -0.301 e. The number of carbonyl (C=O) groups excluding carboxylic acids is 1. The van der Waals surface area contributed by atoms with Crippen LogP contribution in [-0.4, -0.2) is 43.3 Å². The second-order valence-electron chi connectivity index (χ2n) is 8.69. The third-order valence-corrected chi connectivity index (χ3v) is 7.41. The van der Waals surface area contributed by atoms with Crippen LogP contribution in [0.15, 0.2) is 41.1 Å². The van der Waals surface area contributed by atoms with E-state index in [0.717, 1.165) is 42.2 Å². The number of benzene rings is 1. The Kier molecular flexibility index (Phi) is 8.58. The van der Waals surface area contributed by atoms with Gasteiger partial charge in [0.05, 0.1) is 5.69 Å². The quantitative estimate of drug-likeness (QED) is 0.572. The SMILES string of the molecule is CC1CCN(Cc2csc(NC(=O)[C@@H](NS(=O)(=O)/C=C/c3ccccc3)C(C)C)n2)CC1. The number of anilines is 1. The molecule has 0 unspecified atom stereocenters. The summed E-state index contributed by atoms with van der Waals surface area (Å²) in [5, 5.41) is 6.31. The number of sulfonamides is 1. The number of rotatable bonds is 9. The molecule has 1 fully saturated rings. The summed E-state index contributed by atoms with van der Waals surface area (Å²) < 4.78 is 27.6. The first-order valence-electron chi connectivity index (χ1n) is 10.9. The molecule has 32 heavy (non-hydrogen) atoms. The van der Waals surface area contributed by atoms with Gasteiger partial charge in [0.1, 0.15) is 6.04 Å². The highest BCUT2D eigenvalue weighted by molar-refractivity contribution is 7.92. The van der Waals surface area contributed by atoms with Crippen molar-refractivity contribution in [3.05, 3.63) is 52.4 Å². The summed E-state index contributed by atoms with van der Waals surface area (Å²) in [6, 6.07) is 8.24. The number of carbonyl (C=O) groups is 1. The molecule has 1 aromatic carbocycles. The van der Waals surface area contributed by atoms with Crippen molar-refractivity contribution in [1.29, 1.82) is 0 Å². The molecule has 9 heteroatoms. The molecule has 1 aliphatic rings. The maximum Gasteiger partial charge on any atom is 0.244 e. The molecule has 0 bridgehead atoms. The van der Waals surface area contributed by atoms with E-state index < -0.39 is 22.0 Å². The molecule has 7 nitrogen and oxygen atoms in total. The Hall–Kier alpha value is -2.07. The van der Waals surface area contributed by atoms with E-state index in [-0.39, 0.29) is 5.92 Å². The lowest BCUT2D eigenvalue weighted by atomic mass is 9.99. The third-order valence-electron chi connectivity index (χ3n) is 5.52.